The van der Waals surface area contributed by atoms with Gasteiger partial charge in [-0.3, -0.25) is 14.4 Å². The van der Waals surface area contributed by atoms with Crippen LogP contribution in [-0.2, 0) is 9.59 Å². The molecule has 0 radical (unpaired) electrons. The minimum Gasteiger partial charge on any atom is -0.356 e. The van der Waals surface area contributed by atoms with E-state index in [9.17, 15) is 37.2 Å². The Kier molecular flexibility index (Phi) is 7.22. The number of benzene rings is 1. The van der Waals surface area contributed by atoms with Gasteiger partial charge in [-0.15, -0.1) is 0 Å². The normalized spacial score (nSPS) is 26.8. The summed E-state index contributed by atoms with van der Waals surface area (Å²) >= 11 is 6.16. The van der Waals surface area contributed by atoms with Gasteiger partial charge < -0.3 is 20.5 Å². The zero-order valence-electron chi connectivity index (χ0n) is 20.7. The molecule has 1 aromatic carbocycles. The van der Waals surface area contributed by atoms with Crippen molar-refractivity contribution in [2.45, 2.75) is 56.5 Å². The number of hydrogen-bond donors (Lipinski definition) is 3. The number of halogens is 5. The van der Waals surface area contributed by atoms with Gasteiger partial charge in [0.05, 0.1) is 16.6 Å². The molecule has 2 saturated heterocycles. The molecule has 3 fully saturated rings. The van der Waals surface area contributed by atoms with Crippen molar-refractivity contribution in [3.8, 4) is 6.07 Å². The Morgan fingerprint density at radius 2 is 2.05 bits per heavy atom. The number of aromatic amines is 1. The first-order valence-electron chi connectivity index (χ1n) is 12.7. The van der Waals surface area contributed by atoms with Crippen LogP contribution >= 0.6 is 11.6 Å². The highest BCUT2D eigenvalue weighted by atomic mass is 35.5. The number of nitrogens with zero attached hydrogens (tertiary/aromatic N) is 2. The van der Waals surface area contributed by atoms with Crippen LogP contribution in [0.5, 0.6) is 0 Å². The van der Waals surface area contributed by atoms with Crippen molar-refractivity contribution in [3.05, 3.63) is 34.5 Å². The Labute approximate surface area is 226 Å². The van der Waals surface area contributed by atoms with Crippen LogP contribution in [0, 0.1) is 29.1 Å². The molecule has 3 heterocycles. The lowest BCUT2D eigenvalue weighted by Gasteiger charge is -2.29. The van der Waals surface area contributed by atoms with Crippen molar-refractivity contribution in [2.75, 3.05) is 13.1 Å². The Morgan fingerprint density at radius 3 is 2.74 bits per heavy atom. The third-order valence-electron chi connectivity index (χ3n) is 8.04. The second kappa shape index (κ2) is 10.3. The molecule has 2 aliphatic heterocycles. The van der Waals surface area contributed by atoms with Crippen LogP contribution in [-0.4, -0.2) is 58.7 Å². The molecule has 0 spiro atoms. The molecule has 3 amide bonds. The third-order valence-corrected chi connectivity index (χ3v) is 8.35. The predicted molar refractivity (Wildman–Crippen MR) is 132 cm³/mol. The molecule has 1 saturated carbocycles. The van der Waals surface area contributed by atoms with Crippen LogP contribution in [0.15, 0.2) is 18.2 Å². The van der Waals surface area contributed by atoms with Crippen molar-refractivity contribution < 1.29 is 31.9 Å². The van der Waals surface area contributed by atoms with Crippen molar-refractivity contribution in [1.82, 2.24) is 20.5 Å². The summed E-state index contributed by atoms with van der Waals surface area (Å²) in [4.78, 5) is 43.2. The fourth-order valence-electron chi connectivity index (χ4n) is 6.25. The maximum Gasteiger partial charge on any atom is 0.271 e. The summed E-state index contributed by atoms with van der Waals surface area (Å²) in [5, 5.41) is 15.1. The standard InChI is InChI=1S/C26H26ClF4N5O3/c27-18-4-3-15(22(28)29)16-7-19(35-20(16)18)25(39)36-11-13-8-26(30,31)9-17(13)21(36)24(38)34-14(10-32)6-12-2-1-5-33-23(12)37/h3-4,7,12-14,17,21-22,35H,1-2,5-6,8-9,11H2,(H,33,37)(H,34,38)/t12-,13+,14-,17+,21-/m1/s1. The fourth-order valence-corrected chi connectivity index (χ4v) is 6.47. The molecule has 0 unspecified atom stereocenters. The molecule has 1 aliphatic carbocycles. The quantitative estimate of drug-likeness (QED) is 0.454. The van der Waals surface area contributed by atoms with E-state index in [0.717, 1.165) is 12.5 Å². The Balaban J connectivity index is 1.42. The summed E-state index contributed by atoms with van der Waals surface area (Å²) in [6.07, 6.45) is -2.60. The predicted octanol–water partition coefficient (Wildman–Crippen LogP) is 4.17. The van der Waals surface area contributed by atoms with Gasteiger partial charge in [0, 0.05) is 42.8 Å². The number of hydrogen-bond acceptors (Lipinski definition) is 4. The molecule has 8 nitrogen and oxygen atoms in total. The zero-order chi connectivity index (χ0) is 28.1. The molecule has 39 heavy (non-hydrogen) atoms. The number of H-pyrrole nitrogens is 1. The van der Waals surface area contributed by atoms with E-state index in [1.807, 2.05) is 6.07 Å². The number of piperidine rings is 1. The number of rotatable bonds is 6. The lowest BCUT2D eigenvalue weighted by molar-refractivity contribution is -0.129. The molecule has 0 bridgehead atoms. The molecular formula is C26H26ClF4N5O3. The monoisotopic (exact) mass is 567 g/mol. The number of amides is 3. The number of nitrogens with one attached hydrogen (secondary N) is 3. The number of fused-ring (bicyclic) bond motifs is 2. The number of carbonyl (C=O) groups excluding carboxylic acids is 3. The van der Waals surface area contributed by atoms with Crippen LogP contribution in [0.4, 0.5) is 17.6 Å². The van der Waals surface area contributed by atoms with E-state index < -0.39 is 66.8 Å². The lowest BCUT2D eigenvalue weighted by Crippen LogP contribution is -2.52. The second-order valence-electron chi connectivity index (χ2n) is 10.6. The van der Waals surface area contributed by atoms with Gasteiger partial charge in [-0.2, -0.15) is 5.26 Å². The van der Waals surface area contributed by atoms with E-state index in [4.69, 9.17) is 11.6 Å². The fraction of sp³-hybridized carbons (Fsp3) is 0.538. The average Bonchev–Trinajstić information content (AvgIpc) is 3.54. The number of carbonyl (C=O) groups is 3. The molecule has 3 N–H and O–H groups in total. The highest BCUT2D eigenvalue weighted by Gasteiger charge is 2.58. The molecule has 13 heteroatoms. The second-order valence-corrected chi connectivity index (χ2v) is 11.0. The van der Waals surface area contributed by atoms with Crippen LogP contribution in [0.3, 0.4) is 0 Å². The van der Waals surface area contributed by atoms with E-state index in [-0.39, 0.29) is 46.1 Å². The summed E-state index contributed by atoms with van der Waals surface area (Å²) in [5.41, 5.74) is -0.319. The first-order valence-corrected chi connectivity index (χ1v) is 13.1. The summed E-state index contributed by atoms with van der Waals surface area (Å²) in [5.74, 6) is -6.70. The Hall–Kier alpha value is -3.33. The van der Waals surface area contributed by atoms with Gasteiger partial charge in [0.15, 0.2) is 0 Å². The maximum absolute atomic E-state index is 14.3. The molecule has 5 atom stereocenters. The molecule has 3 aliphatic rings. The van der Waals surface area contributed by atoms with Crippen LogP contribution in [0.25, 0.3) is 10.9 Å². The van der Waals surface area contributed by atoms with Gasteiger partial charge in [0.1, 0.15) is 17.8 Å². The smallest absolute Gasteiger partial charge is 0.271 e. The van der Waals surface area contributed by atoms with E-state index in [1.54, 1.807) is 0 Å². The maximum atomic E-state index is 14.3. The molecule has 2 aromatic rings. The number of likely N-dealkylation sites (tertiary alicyclic amines) is 1. The van der Waals surface area contributed by atoms with Gasteiger partial charge >= 0.3 is 0 Å². The van der Waals surface area contributed by atoms with E-state index in [2.05, 4.69) is 15.6 Å². The number of alkyl halides is 4. The van der Waals surface area contributed by atoms with Crippen LogP contribution < -0.4 is 10.6 Å². The Bertz CT molecular complexity index is 1360. The van der Waals surface area contributed by atoms with Crippen molar-refractivity contribution in [2.24, 2.45) is 17.8 Å². The van der Waals surface area contributed by atoms with Crippen molar-refractivity contribution in [1.29, 1.82) is 5.26 Å². The van der Waals surface area contributed by atoms with E-state index in [1.165, 1.54) is 17.0 Å². The summed E-state index contributed by atoms with van der Waals surface area (Å²) in [6.45, 7) is 0.400. The highest BCUT2D eigenvalue weighted by Crippen LogP contribution is 2.50. The Morgan fingerprint density at radius 1 is 1.28 bits per heavy atom. The first-order chi connectivity index (χ1) is 18.5. The van der Waals surface area contributed by atoms with Gasteiger partial charge in [-0.1, -0.05) is 17.7 Å². The van der Waals surface area contributed by atoms with Gasteiger partial charge in [-0.25, -0.2) is 17.6 Å². The third kappa shape index (κ3) is 5.16. The zero-order valence-corrected chi connectivity index (χ0v) is 21.4. The summed E-state index contributed by atoms with van der Waals surface area (Å²) < 4.78 is 55.7. The molecular weight excluding hydrogens is 542 g/mol. The number of aromatic nitrogens is 1. The average molecular weight is 568 g/mol. The minimum absolute atomic E-state index is 0.0445. The van der Waals surface area contributed by atoms with E-state index in [0.29, 0.717) is 13.0 Å². The van der Waals surface area contributed by atoms with E-state index >= 15 is 0 Å². The van der Waals surface area contributed by atoms with Gasteiger partial charge in [0.25, 0.3) is 12.3 Å². The lowest BCUT2D eigenvalue weighted by atomic mass is 9.90. The summed E-state index contributed by atoms with van der Waals surface area (Å²) in [7, 11) is 0. The topological polar surface area (TPSA) is 118 Å². The van der Waals surface area contributed by atoms with Crippen LogP contribution in [0.1, 0.15) is 54.6 Å². The molecule has 1 aromatic heterocycles. The molecule has 208 valence electrons. The summed E-state index contributed by atoms with van der Waals surface area (Å²) in [6, 6.07) is 3.26. The van der Waals surface area contributed by atoms with Gasteiger partial charge in [0.2, 0.25) is 17.7 Å². The largest absolute Gasteiger partial charge is 0.356 e. The van der Waals surface area contributed by atoms with Gasteiger partial charge in [-0.05, 0) is 43.2 Å². The SMILES string of the molecule is N#C[C@@H](C[C@H]1CCCNC1=O)NC(=O)[C@H]1[C@H]2CC(F)(F)C[C@H]2CN1C(=O)c1cc2c(C(F)F)ccc(Cl)c2[nH]1. The molecule has 5 rings (SSSR count). The highest BCUT2D eigenvalue weighted by molar-refractivity contribution is 6.35. The van der Waals surface area contributed by atoms with Crippen molar-refractivity contribution >= 4 is 40.2 Å². The number of nitriles is 1. The van der Waals surface area contributed by atoms with Crippen LogP contribution in [0.2, 0.25) is 5.02 Å². The minimum atomic E-state index is -3.00. The first kappa shape index (κ1) is 27.2. The van der Waals surface area contributed by atoms with Crippen molar-refractivity contribution in [3.63, 3.8) is 0 Å².